The molecule has 0 unspecified atom stereocenters. The average Bonchev–Trinajstić information content (AvgIpc) is 2.46. The molecule has 0 aliphatic carbocycles. The fourth-order valence-corrected chi connectivity index (χ4v) is 1.79. The number of nitrogens with one attached hydrogen (secondary N) is 1. The minimum absolute atomic E-state index is 0.157. The van der Waals surface area contributed by atoms with Crippen LogP contribution in [0.3, 0.4) is 0 Å². The number of hydrogen-bond acceptors (Lipinski definition) is 4. The summed E-state index contributed by atoms with van der Waals surface area (Å²) >= 11 is 0. The van der Waals surface area contributed by atoms with Crippen LogP contribution in [-0.4, -0.2) is 15.9 Å². The van der Waals surface area contributed by atoms with Gasteiger partial charge < -0.3 is 10.4 Å². The third kappa shape index (κ3) is 3.76. The second kappa shape index (κ2) is 5.95. The van der Waals surface area contributed by atoms with Gasteiger partial charge in [0.25, 0.3) is 11.6 Å². The zero-order chi connectivity index (χ0) is 17.2. The van der Waals surface area contributed by atoms with Crippen molar-refractivity contribution < 1.29 is 28.0 Å². The summed E-state index contributed by atoms with van der Waals surface area (Å²) in [6.07, 6.45) is -4.57. The van der Waals surface area contributed by atoms with Crippen LogP contribution < -0.4 is 5.32 Å². The number of phenols is 1. The second-order valence-corrected chi connectivity index (χ2v) is 4.49. The van der Waals surface area contributed by atoms with Crippen LogP contribution in [0.25, 0.3) is 0 Å². The van der Waals surface area contributed by atoms with Gasteiger partial charge in [-0.15, -0.1) is 0 Å². The number of alkyl halides is 3. The highest BCUT2D eigenvalue weighted by molar-refractivity contribution is 6.06. The summed E-state index contributed by atoms with van der Waals surface area (Å²) in [6, 6.07) is 6.66. The lowest BCUT2D eigenvalue weighted by Crippen LogP contribution is -2.13. The summed E-state index contributed by atoms with van der Waals surface area (Å²) in [5.41, 5.74) is -1.97. The molecule has 0 bridgehead atoms. The van der Waals surface area contributed by atoms with Gasteiger partial charge in [0.15, 0.2) is 0 Å². The smallest absolute Gasteiger partial charge is 0.416 e. The highest BCUT2D eigenvalue weighted by Crippen LogP contribution is 2.31. The number of non-ortho nitro benzene ring substituents is 1. The van der Waals surface area contributed by atoms with E-state index in [-0.39, 0.29) is 5.69 Å². The topological polar surface area (TPSA) is 92.5 Å². The van der Waals surface area contributed by atoms with E-state index in [0.717, 1.165) is 30.3 Å². The molecule has 0 aliphatic heterocycles. The lowest BCUT2D eigenvalue weighted by Gasteiger charge is -2.10. The van der Waals surface area contributed by atoms with Crippen LogP contribution in [0, 0.1) is 10.1 Å². The van der Waals surface area contributed by atoms with E-state index in [1.807, 2.05) is 0 Å². The van der Waals surface area contributed by atoms with Gasteiger partial charge in [0.2, 0.25) is 0 Å². The zero-order valence-electron chi connectivity index (χ0n) is 11.3. The van der Waals surface area contributed by atoms with Gasteiger partial charge in [0.05, 0.1) is 16.1 Å². The summed E-state index contributed by atoms with van der Waals surface area (Å²) in [7, 11) is 0. The first kappa shape index (κ1) is 16.3. The number of halogens is 3. The molecule has 0 aromatic heterocycles. The number of amides is 1. The van der Waals surface area contributed by atoms with E-state index in [4.69, 9.17) is 0 Å². The standard InChI is InChI=1S/C14H9F3N2O4/c15-14(16,17)8-2-1-3-9(6-8)18-13(21)11-7-10(19(22)23)4-5-12(11)20/h1-7,20H,(H,18,21). The van der Waals surface area contributed by atoms with Crippen molar-refractivity contribution in [3.63, 3.8) is 0 Å². The van der Waals surface area contributed by atoms with Gasteiger partial charge in [-0.05, 0) is 24.3 Å². The minimum Gasteiger partial charge on any atom is -0.507 e. The predicted octanol–water partition coefficient (Wildman–Crippen LogP) is 3.57. The fraction of sp³-hybridized carbons (Fsp3) is 0.0714. The van der Waals surface area contributed by atoms with Crippen molar-refractivity contribution in [3.05, 3.63) is 63.7 Å². The van der Waals surface area contributed by atoms with E-state index in [2.05, 4.69) is 5.32 Å². The molecule has 2 N–H and O–H groups in total. The molecule has 9 heteroatoms. The number of anilines is 1. The van der Waals surface area contributed by atoms with Crippen molar-refractivity contribution >= 4 is 17.3 Å². The molecule has 0 atom stereocenters. The first-order valence-electron chi connectivity index (χ1n) is 6.14. The molecule has 1 amide bonds. The molecule has 2 rings (SSSR count). The Morgan fingerprint density at radius 2 is 1.87 bits per heavy atom. The summed E-state index contributed by atoms with van der Waals surface area (Å²) < 4.78 is 37.8. The maximum atomic E-state index is 12.6. The first-order chi connectivity index (χ1) is 10.7. The highest BCUT2D eigenvalue weighted by atomic mass is 19.4. The zero-order valence-corrected chi connectivity index (χ0v) is 11.3. The van der Waals surface area contributed by atoms with Gasteiger partial charge in [-0.2, -0.15) is 13.2 Å². The largest absolute Gasteiger partial charge is 0.507 e. The van der Waals surface area contributed by atoms with Crippen LogP contribution in [0.1, 0.15) is 15.9 Å². The van der Waals surface area contributed by atoms with Gasteiger partial charge in [-0.1, -0.05) is 6.07 Å². The molecule has 2 aromatic rings. The van der Waals surface area contributed by atoms with E-state index in [9.17, 15) is 33.2 Å². The van der Waals surface area contributed by atoms with Crippen LogP contribution >= 0.6 is 0 Å². The van der Waals surface area contributed by atoms with Crippen LogP contribution in [-0.2, 0) is 6.18 Å². The first-order valence-corrected chi connectivity index (χ1v) is 6.14. The Morgan fingerprint density at radius 3 is 2.48 bits per heavy atom. The molecule has 0 saturated carbocycles. The minimum atomic E-state index is -4.57. The van der Waals surface area contributed by atoms with Crippen molar-refractivity contribution in [2.75, 3.05) is 5.32 Å². The van der Waals surface area contributed by atoms with Gasteiger partial charge >= 0.3 is 6.18 Å². The maximum Gasteiger partial charge on any atom is 0.416 e. The Hall–Kier alpha value is -3.10. The Bertz CT molecular complexity index is 775. The van der Waals surface area contributed by atoms with Crippen molar-refractivity contribution in [2.45, 2.75) is 6.18 Å². The molecular weight excluding hydrogens is 317 g/mol. The van der Waals surface area contributed by atoms with E-state index < -0.39 is 39.6 Å². The normalized spacial score (nSPS) is 11.1. The molecule has 0 radical (unpaired) electrons. The number of aromatic hydroxyl groups is 1. The quantitative estimate of drug-likeness (QED) is 0.666. The maximum absolute atomic E-state index is 12.6. The number of benzene rings is 2. The summed E-state index contributed by atoms with van der Waals surface area (Å²) in [5.74, 6) is -1.49. The summed E-state index contributed by atoms with van der Waals surface area (Å²) in [5, 5.41) is 22.4. The van der Waals surface area contributed by atoms with E-state index >= 15 is 0 Å². The molecule has 0 fully saturated rings. The molecule has 0 saturated heterocycles. The summed E-state index contributed by atoms with van der Waals surface area (Å²) in [4.78, 5) is 21.9. The average molecular weight is 326 g/mol. The number of nitro benzene ring substituents is 1. The fourth-order valence-electron chi connectivity index (χ4n) is 1.79. The lowest BCUT2D eigenvalue weighted by atomic mass is 10.1. The van der Waals surface area contributed by atoms with Crippen molar-refractivity contribution in [1.29, 1.82) is 0 Å². The number of nitrogens with zero attached hydrogens (tertiary/aromatic N) is 1. The van der Waals surface area contributed by atoms with E-state index in [0.29, 0.717) is 6.07 Å². The molecule has 23 heavy (non-hydrogen) atoms. The molecule has 0 heterocycles. The lowest BCUT2D eigenvalue weighted by molar-refractivity contribution is -0.384. The Balaban J connectivity index is 2.29. The van der Waals surface area contributed by atoms with Gasteiger partial charge in [-0.25, -0.2) is 0 Å². The van der Waals surface area contributed by atoms with Crippen LogP contribution in [0.2, 0.25) is 0 Å². The molecule has 0 aliphatic rings. The molecular formula is C14H9F3N2O4. The number of carbonyl (C=O) groups excluding carboxylic acids is 1. The molecule has 120 valence electrons. The monoisotopic (exact) mass is 326 g/mol. The number of carbonyl (C=O) groups is 1. The molecule has 6 nitrogen and oxygen atoms in total. The Labute approximate surface area is 127 Å². The third-order valence-electron chi connectivity index (χ3n) is 2.88. The SMILES string of the molecule is O=C(Nc1cccc(C(F)(F)F)c1)c1cc([N+](=O)[O-])ccc1O. The van der Waals surface area contributed by atoms with Crippen molar-refractivity contribution in [3.8, 4) is 5.75 Å². The Kier molecular flexibility index (Phi) is 4.21. The molecule has 0 spiro atoms. The van der Waals surface area contributed by atoms with E-state index in [1.54, 1.807) is 0 Å². The molecule has 2 aromatic carbocycles. The van der Waals surface area contributed by atoms with E-state index in [1.165, 1.54) is 6.07 Å². The number of rotatable bonds is 3. The number of hydrogen-bond donors (Lipinski definition) is 2. The third-order valence-corrected chi connectivity index (χ3v) is 2.88. The van der Waals surface area contributed by atoms with Crippen LogP contribution in [0.5, 0.6) is 5.75 Å². The van der Waals surface area contributed by atoms with Gasteiger partial charge in [0, 0.05) is 17.8 Å². The van der Waals surface area contributed by atoms with Crippen molar-refractivity contribution in [1.82, 2.24) is 0 Å². The highest BCUT2D eigenvalue weighted by Gasteiger charge is 2.30. The van der Waals surface area contributed by atoms with Gasteiger partial charge in [0.1, 0.15) is 5.75 Å². The van der Waals surface area contributed by atoms with Gasteiger partial charge in [-0.3, -0.25) is 14.9 Å². The van der Waals surface area contributed by atoms with Crippen LogP contribution in [0.4, 0.5) is 24.5 Å². The predicted molar refractivity (Wildman–Crippen MR) is 74.2 cm³/mol. The van der Waals surface area contributed by atoms with Crippen LogP contribution in [0.15, 0.2) is 42.5 Å². The number of phenolic OH excluding ortho intramolecular Hbond substituents is 1. The second-order valence-electron chi connectivity index (χ2n) is 4.49. The Morgan fingerprint density at radius 1 is 1.17 bits per heavy atom. The number of nitro groups is 1. The summed E-state index contributed by atoms with van der Waals surface area (Å²) in [6.45, 7) is 0. The van der Waals surface area contributed by atoms with Crippen molar-refractivity contribution in [2.24, 2.45) is 0 Å².